The molecular formula is C36H32F3N3O4. The van der Waals surface area contributed by atoms with Gasteiger partial charge in [0.1, 0.15) is 29.5 Å². The molecule has 6 rings (SSSR count). The van der Waals surface area contributed by atoms with Crippen LogP contribution in [0.15, 0.2) is 97.1 Å². The van der Waals surface area contributed by atoms with Crippen molar-refractivity contribution in [1.82, 2.24) is 14.7 Å². The molecule has 0 amide bonds. The third-order valence-electron chi connectivity index (χ3n) is 8.07. The number of alkyl halides is 3. The Morgan fingerprint density at radius 2 is 1.39 bits per heavy atom. The van der Waals surface area contributed by atoms with Gasteiger partial charge in [0, 0.05) is 23.2 Å². The van der Waals surface area contributed by atoms with E-state index in [1.165, 1.54) is 73.9 Å². The fourth-order valence-electron chi connectivity index (χ4n) is 5.74. The molecule has 1 fully saturated rings. The number of rotatable bonds is 9. The van der Waals surface area contributed by atoms with E-state index >= 15 is 0 Å². The van der Waals surface area contributed by atoms with E-state index in [4.69, 9.17) is 4.74 Å². The normalized spacial score (nSPS) is 13.9. The number of carbonyl (C=O) groups excluding carboxylic acids is 1. The van der Waals surface area contributed by atoms with Gasteiger partial charge in [0.05, 0.1) is 22.5 Å². The Morgan fingerprint density at radius 3 is 2.02 bits per heavy atom. The van der Waals surface area contributed by atoms with E-state index < -0.39 is 17.5 Å². The number of hydrogen-bond donors (Lipinski definition) is 2. The number of para-hydroxylation sites is 1. The number of ether oxygens (including phenoxy) is 1. The van der Waals surface area contributed by atoms with Crippen LogP contribution in [0.5, 0.6) is 17.2 Å². The van der Waals surface area contributed by atoms with Gasteiger partial charge in [-0.25, -0.2) is 4.68 Å². The number of piperidine rings is 1. The van der Waals surface area contributed by atoms with Crippen LogP contribution in [0.3, 0.4) is 0 Å². The van der Waals surface area contributed by atoms with E-state index in [-0.39, 0.29) is 39.7 Å². The molecule has 0 saturated carbocycles. The minimum absolute atomic E-state index is 0.0203. The molecule has 0 unspecified atom stereocenters. The average Bonchev–Trinajstić information content (AvgIpc) is 3.46. The second-order valence-corrected chi connectivity index (χ2v) is 11.2. The van der Waals surface area contributed by atoms with Crippen LogP contribution in [-0.2, 0) is 6.18 Å². The lowest BCUT2D eigenvalue weighted by Crippen LogP contribution is -2.33. The molecule has 4 aromatic carbocycles. The summed E-state index contributed by atoms with van der Waals surface area (Å²) in [6.45, 7) is 3.44. The van der Waals surface area contributed by atoms with Gasteiger partial charge in [0.15, 0.2) is 5.78 Å². The first kappa shape index (κ1) is 30.9. The zero-order valence-corrected chi connectivity index (χ0v) is 24.9. The van der Waals surface area contributed by atoms with Crippen LogP contribution < -0.4 is 4.74 Å². The van der Waals surface area contributed by atoms with Crippen molar-refractivity contribution in [2.75, 3.05) is 26.2 Å². The van der Waals surface area contributed by atoms with Gasteiger partial charge in [-0.2, -0.15) is 18.3 Å². The van der Waals surface area contributed by atoms with Crippen molar-refractivity contribution in [1.29, 1.82) is 0 Å². The molecule has 1 aliphatic heterocycles. The third-order valence-corrected chi connectivity index (χ3v) is 8.07. The molecule has 1 saturated heterocycles. The zero-order valence-electron chi connectivity index (χ0n) is 24.9. The maximum Gasteiger partial charge on any atom is 0.418 e. The molecule has 2 heterocycles. The molecule has 10 heteroatoms. The molecule has 7 nitrogen and oxygen atoms in total. The average molecular weight is 628 g/mol. The second kappa shape index (κ2) is 13.1. The molecule has 0 radical (unpaired) electrons. The predicted octanol–water partition coefficient (Wildman–Crippen LogP) is 7.73. The molecule has 0 atom stereocenters. The highest BCUT2D eigenvalue weighted by Gasteiger charge is 2.36. The van der Waals surface area contributed by atoms with Crippen LogP contribution in [0, 0.1) is 0 Å². The molecule has 0 spiro atoms. The quantitative estimate of drug-likeness (QED) is 0.163. The summed E-state index contributed by atoms with van der Waals surface area (Å²) in [5, 5.41) is 24.5. The number of likely N-dealkylation sites (tertiary alicyclic amines) is 1. The van der Waals surface area contributed by atoms with Crippen molar-refractivity contribution in [3.8, 4) is 45.5 Å². The number of benzene rings is 4. The van der Waals surface area contributed by atoms with Crippen molar-refractivity contribution < 1.29 is 32.9 Å². The maximum atomic E-state index is 14.4. The van der Waals surface area contributed by atoms with Crippen molar-refractivity contribution in [2.24, 2.45) is 0 Å². The minimum atomic E-state index is -4.71. The Balaban J connectivity index is 1.46. The first-order valence-corrected chi connectivity index (χ1v) is 15.1. The van der Waals surface area contributed by atoms with Gasteiger partial charge in [0.25, 0.3) is 0 Å². The highest BCUT2D eigenvalue weighted by Crippen LogP contribution is 2.40. The Labute approximate surface area is 264 Å². The monoisotopic (exact) mass is 627 g/mol. The number of ketones is 1. The predicted molar refractivity (Wildman–Crippen MR) is 168 cm³/mol. The Hall–Kier alpha value is -5.09. The minimum Gasteiger partial charge on any atom is -0.508 e. The SMILES string of the molecule is O=C(c1ccc(OCCN2CCCCC2)cc1)c1c(-c2ccc(O)cc2)nn(-c2ccccc2C(F)(F)F)c1-c1ccc(O)cc1. The number of phenols is 2. The Bertz CT molecular complexity index is 1810. The fraction of sp³-hybridized carbons (Fsp3) is 0.222. The molecule has 2 N–H and O–H groups in total. The highest BCUT2D eigenvalue weighted by atomic mass is 19.4. The number of phenolic OH excluding ortho intramolecular Hbond substituents is 2. The molecule has 1 aromatic heterocycles. The largest absolute Gasteiger partial charge is 0.508 e. The summed E-state index contributed by atoms with van der Waals surface area (Å²) in [6, 6.07) is 23.5. The van der Waals surface area contributed by atoms with E-state index in [0.717, 1.165) is 30.4 Å². The number of aromatic hydroxyl groups is 2. The summed E-state index contributed by atoms with van der Waals surface area (Å²) in [7, 11) is 0. The summed E-state index contributed by atoms with van der Waals surface area (Å²) in [5.41, 5.74) is 0.183. The van der Waals surface area contributed by atoms with Crippen molar-refractivity contribution in [3.05, 3.63) is 114 Å². The lowest BCUT2D eigenvalue weighted by Gasteiger charge is -2.26. The van der Waals surface area contributed by atoms with Gasteiger partial charge in [0.2, 0.25) is 0 Å². The summed E-state index contributed by atoms with van der Waals surface area (Å²) in [6.07, 6.45) is -1.08. The standard InChI is InChI=1S/C36H32F3N3O4/c37-36(38,39)30-6-2-3-7-31(30)42-34(25-10-16-28(44)17-11-25)32(33(40-42)24-8-14-27(43)15-9-24)35(45)26-12-18-29(19-13-26)46-23-22-41-20-4-1-5-21-41/h2-3,6-19,43-44H,1,4-5,20-23H2. The Kier molecular flexibility index (Phi) is 8.81. The zero-order chi connectivity index (χ0) is 32.3. The van der Waals surface area contributed by atoms with Crippen LogP contribution in [0.1, 0.15) is 40.7 Å². The molecule has 0 aliphatic carbocycles. The van der Waals surface area contributed by atoms with Crippen LogP contribution >= 0.6 is 0 Å². The maximum absolute atomic E-state index is 14.4. The van der Waals surface area contributed by atoms with Crippen molar-refractivity contribution in [3.63, 3.8) is 0 Å². The first-order chi connectivity index (χ1) is 22.2. The van der Waals surface area contributed by atoms with Gasteiger partial charge < -0.3 is 14.9 Å². The van der Waals surface area contributed by atoms with Crippen LogP contribution in [0.2, 0.25) is 0 Å². The van der Waals surface area contributed by atoms with Crippen LogP contribution in [0.4, 0.5) is 13.2 Å². The van der Waals surface area contributed by atoms with Crippen molar-refractivity contribution in [2.45, 2.75) is 25.4 Å². The van der Waals surface area contributed by atoms with Gasteiger partial charge in [-0.05, 0) is 111 Å². The van der Waals surface area contributed by atoms with Gasteiger partial charge in [-0.3, -0.25) is 9.69 Å². The summed E-state index contributed by atoms with van der Waals surface area (Å²) in [5.74, 6) is 0.0590. The van der Waals surface area contributed by atoms with E-state index in [1.807, 2.05) is 0 Å². The molecular weight excluding hydrogens is 595 g/mol. The number of hydrogen-bond acceptors (Lipinski definition) is 6. The van der Waals surface area contributed by atoms with Gasteiger partial charge >= 0.3 is 6.18 Å². The third kappa shape index (κ3) is 6.62. The van der Waals surface area contributed by atoms with E-state index in [2.05, 4.69) is 10.00 Å². The topological polar surface area (TPSA) is 87.8 Å². The van der Waals surface area contributed by atoms with Gasteiger partial charge in [-0.1, -0.05) is 18.6 Å². The van der Waals surface area contributed by atoms with E-state index in [0.29, 0.717) is 23.5 Å². The lowest BCUT2D eigenvalue weighted by atomic mass is 9.94. The number of carbonyl (C=O) groups is 1. The van der Waals surface area contributed by atoms with Gasteiger partial charge in [-0.15, -0.1) is 0 Å². The number of nitrogens with zero attached hydrogens (tertiary/aromatic N) is 3. The van der Waals surface area contributed by atoms with Crippen molar-refractivity contribution >= 4 is 5.78 Å². The number of halogens is 3. The molecule has 236 valence electrons. The first-order valence-electron chi connectivity index (χ1n) is 15.1. The van der Waals surface area contributed by atoms with Crippen LogP contribution in [-0.4, -0.2) is 56.9 Å². The summed E-state index contributed by atoms with van der Waals surface area (Å²) >= 11 is 0. The molecule has 0 bridgehead atoms. The smallest absolute Gasteiger partial charge is 0.418 e. The summed E-state index contributed by atoms with van der Waals surface area (Å²) in [4.78, 5) is 16.8. The number of aromatic nitrogens is 2. The molecule has 1 aliphatic rings. The highest BCUT2D eigenvalue weighted by molar-refractivity contribution is 6.16. The second-order valence-electron chi connectivity index (χ2n) is 11.2. The van der Waals surface area contributed by atoms with E-state index in [9.17, 15) is 28.2 Å². The van der Waals surface area contributed by atoms with E-state index in [1.54, 1.807) is 36.4 Å². The fourth-order valence-corrected chi connectivity index (χ4v) is 5.74. The molecule has 5 aromatic rings. The Morgan fingerprint density at radius 1 is 0.783 bits per heavy atom. The molecule has 46 heavy (non-hydrogen) atoms. The van der Waals surface area contributed by atoms with Crippen LogP contribution in [0.25, 0.3) is 28.2 Å². The summed E-state index contributed by atoms with van der Waals surface area (Å²) < 4.78 is 49.9. The lowest BCUT2D eigenvalue weighted by molar-refractivity contribution is -0.137.